The first-order chi connectivity index (χ1) is 12.6. The Morgan fingerprint density at radius 1 is 1.35 bits per heavy atom. The molecule has 2 rings (SSSR count). The number of nitrogens with zero attached hydrogens (tertiary/aromatic N) is 1. The van der Waals surface area contributed by atoms with Crippen LogP contribution in [-0.4, -0.2) is 29.6 Å². The van der Waals surface area contributed by atoms with E-state index in [2.05, 4.69) is 33.0 Å². The smallest absolute Gasteiger partial charge is 0.250 e. The number of thioether (sulfide) groups is 1. The Morgan fingerprint density at radius 2 is 2.19 bits per heavy atom. The van der Waals surface area contributed by atoms with E-state index in [1.807, 2.05) is 24.3 Å². The summed E-state index contributed by atoms with van der Waals surface area (Å²) in [6, 6.07) is 12.8. The molecule has 2 N–H and O–H groups in total. The Balaban J connectivity index is 1.76. The molecule has 1 amide bonds. The molecule has 0 aliphatic rings. The highest BCUT2D eigenvalue weighted by molar-refractivity contribution is 9.10. The molecule has 5 nitrogen and oxygen atoms in total. The average molecular weight is 435 g/mol. The van der Waals surface area contributed by atoms with Crippen molar-refractivity contribution in [2.45, 2.75) is 5.75 Å². The molecular formula is C19H19BrN2O3S. The van der Waals surface area contributed by atoms with E-state index in [1.165, 1.54) is 24.0 Å². The minimum absolute atomic E-state index is 0.0218. The van der Waals surface area contributed by atoms with E-state index < -0.39 is 0 Å². The van der Waals surface area contributed by atoms with Gasteiger partial charge in [-0.05, 0) is 29.8 Å². The van der Waals surface area contributed by atoms with Crippen molar-refractivity contribution < 1.29 is 14.6 Å². The molecule has 136 valence electrons. The molecule has 0 aliphatic carbocycles. The summed E-state index contributed by atoms with van der Waals surface area (Å²) in [5, 5.41) is 13.8. The number of carbonyl (C=O) groups excluding carboxylic acids is 1. The maximum Gasteiger partial charge on any atom is 0.250 e. The standard InChI is InChI=1S/C19H19BrN2O3S/c1-2-8-25-17-7-6-15(18(23)10-17)11-21-22-19(24)13-26-12-14-4-3-5-16(20)9-14/h2-7,9-11,23H,1,8,12-13H2,(H,22,24)/b21-11-. The highest BCUT2D eigenvalue weighted by Gasteiger charge is 2.03. The number of hydrazone groups is 1. The molecule has 0 aliphatic heterocycles. The highest BCUT2D eigenvalue weighted by Crippen LogP contribution is 2.22. The van der Waals surface area contributed by atoms with Gasteiger partial charge in [0.05, 0.1) is 12.0 Å². The van der Waals surface area contributed by atoms with Crippen molar-refractivity contribution in [3.05, 3.63) is 70.7 Å². The highest BCUT2D eigenvalue weighted by atomic mass is 79.9. The van der Waals surface area contributed by atoms with Crippen molar-refractivity contribution in [3.63, 3.8) is 0 Å². The summed E-state index contributed by atoms with van der Waals surface area (Å²) in [5.41, 5.74) is 4.08. The van der Waals surface area contributed by atoms with Gasteiger partial charge in [0, 0.05) is 21.9 Å². The molecule has 0 fully saturated rings. The van der Waals surface area contributed by atoms with Crippen LogP contribution in [0, 0.1) is 0 Å². The minimum atomic E-state index is -0.202. The Hall–Kier alpha value is -2.25. The van der Waals surface area contributed by atoms with Gasteiger partial charge >= 0.3 is 0 Å². The zero-order valence-electron chi connectivity index (χ0n) is 14.0. The molecule has 0 unspecified atom stereocenters. The summed E-state index contributed by atoms with van der Waals surface area (Å²) < 4.78 is 6.34. The zero-order chi connectivity index (χ0) is 18.8. The van der Waals surface area contributed by atoms with Gasteiger partial charge in [-0.1, -0.05) is 40.7 Å². The van der Waals surface area contributed by atoms with Crippen molar-refractivity contribution in [2.24, 2.45) is 5.10 Å². The number of amides is 1. The number of hydrogen-bond acceptors (Lipinski definition) is 5. The van der Waals surface area contributed by atoms with Crippen LogP contribution in [0.15, 0.2) is 64.7 Å². The number of ether oxygens (including phenoxy) is 1. The number of phenolic OH excluding ortho intramolecular Hbond substituents is 1. The van der Waals surface area contributed by atoms with Gasteiger partial charge in [0.25, 0.3) is 0 Å². The van der Waals surface area contributed by atoms with Crippen molar-refractivity contribution in [3.8, 4) is 11.5 Å². The average Bonchev–Trinajstić information content (AvgIpc) is 2.61. The van der Waals surface area contributed by atoms with Crippen LogP contribution in [0.25, 0.3) is 0 Å². The maximum absolute atomic E-state index is 11.8. The lowest BCUT2D eigenvalue weighted by Gasteiger charge is -2.05. The lowest BCUT2D eigenvalue weighted by molar-refractivity contribution is -0.118. The van der Waals surface area contributed by atoms with Crippen LogP contribution in [0.3, 0.4) is 0 Å². The molecule has 0 spiro atoms. The molecule has 7 heteroatoms. The monoisotopic (exact) mass is 434 g/mol. The zero-order valence-corrected chi connectivity index (χ0v) is 16.4. The lowest BCUT2D eigenvalue weighted by Crippen LogP contribution is -2.19. The Kier molecular flexibility index (Phi) is 8.24. The van der Waals surface area contributed by atoms with Crippen LogP contribution in [0.4, 0.5) is 0 Å². The summed E-state index contributed by atoms with van der Waals surface area (Å²) in [6.07, 6.45) is 3.01. The third kappa shape index (κ3) is 6.93. The molecule has 0 heterocycles. The van der Waals surface area contributed by atoms with Gasteiger partial charge in [0.2, 0.25) is 5.91 Å². The maximum atomic E-state index is 11.8. The normalized spacial score (nSPS) is 10.7. The van der Waals surface area contributed by atoms with Gasteiger partial charge in [-0.2, -0.15) is 5.10 Å². The van der Waals surface area contributed by atoms with Crippen LogP contribution in [0.5, 0.6) is 11.5 Å². The van der Waals surface area contributed by atoms with Crippen LogP contribution >= 0.6 is 27.7 Å². The quantitative estimate of drug-likeness (QED) is 0.354. The van der Waals surface area contributed by atoms with Crippen LogP contribution in [0.2, 0.25) is 0 Å². The fraction of sp³-hybridized carbons (Fsp3) is 0.158. The SMILES string of the molecule is C=CCOc1ccc(/C=N\NC(=O)CSCc2cccc(Br)c2)c(O)c1. The van der Waals surface area contributed by atoms with Crippen molar-refractivity contribution >= 4 is 39.8 Å². The van der Waals surface area contributed by atoms with Crippen molar-refractivity contribution in [1.29, 1.82) is 0 Å². The molecule has 0 aromatic heterocycles. The number of benzene rings is 2. The van der Waals surface area contributed by atoms with Gasteiger partial charge in [-0.25, -0.2) is 5.43 Å². The predicted octanol–water partition coefficient (Wildman–Crippen LogP) is 4.10. The van der Waals surface area contributed by atoms with Gasteiger partial charge in [-0.3, -0.25) is 4.79 Å². The number of hydrogen-bond donors (Lipinski definition) is 2. The lowest BCUT2D eigenvalue weighted by atomic mass is 10.2. The first-order valence-electron chi connectivity index (χ1n) is 7.79. The number of carbonyl (C=O) groups is 1. The van der Waals surface area contributed by atoms with E-state index in [-0.39, 0.29) is 11.7 Å². The van der Waals surface area contributed by atoms with E-state index in [9.17, 15) is 9.90 Å². The number of aromatic hydroxyl groups is 1. The van der Waals surface area contributed by atoms with Crippen LogP contribution in [-0.2, 0) is 10.5 Å². The van der Waals surface area contributed by atoms with Gasteiger partial charge in [0.1, 0.15) is 18.1 Å². The molecule has 0 saturated heterocycles. The third-order valence-corrected chi connectivity index (χ3v) is 4.65. The summed E-state index contributed by atoms with van der Waals surface area (Å²) in [6.45, 7) is 3.92. The van der Waals surface area contributed by atoms with Crippen LogP contribution in [0.1, 0.15) is 11.1 Å². The van der Waals surface area contributed by atoms with E-state index >= 15 is 0 Å². The Bertz CT molecular complexity index is 796. The second-order valence-electron chi connectivity index (χ2n) is 5.24. The van der Waals surface area contributed by atoms with E-state index in [4.69, 9.17) is 4.74 Å². The second-order valence-corrected chi connectivity index (χ2v) is 7.14. The van der Waals surface area contributed by atoms with Crippen molar-refractivity contribution in [1.82, 2.24) is 5.43 Å². The Labute approximate surface area is 165 Å². The number of rotatable bonds is 9. The summed E-state index contributed by atoms with van der Waals surface area (Å²) in [4.78, 5) is 11.8. The Morgan fingerprint density at radius 3 is 2.92 bits per heavy atom. The van der Waals surface area contributed by atoms with Gasteiger partial charge < -0.3 is 9.84 Å². The summed E-state index contributed by atoms with van der Waals surface area (Å²) >= 11 is 4.92. The van der Waals surface area contributed by atoms with E-state index in [0.717, 1.165) is 15.8 Å². The van der Waals surface area contributed by atoms with Gasteiger partial charge in [0.15, 0.2) is 0 Å². The largest absolute Gasteiger partial charge is 0.507 e. The number of halogens is 1. The first-order valence-corrected chi connectivity index (χ1v) is 9.74. The molecule has 0 radical (unpaired) electrons. The molecule has 26 heavy (non-hydrogen) atoms. The molecule has 0 atom stereocenters. The molecular weight excluding hydrogens is 416 g/mol. The van der Waals surface area contributed by atoms with Crippen molar-refractivity contribution in [2.75, 3.05) is 12.4 Å². The van der Waals surface area contributed by atoms with Crippen LogP contribution < -0.4 is 10.2 Å². The fourth-order valence-corrected chi connectivity index (χ4v) is 3.19. The fourth-order valence-electron chi connectivity index (χ4n) is 1.97. The topological polar surface area (TPSA) is 70.9 Å². The third-order valence-electron chi connectivity index (χ3n) is 3.15. The number of nitrogens with one attached hydrogen (secondary N) is 1. The minimum Gasteiger partial charge on any atom is -0.507 e. The molecule has 2 aromatic rings. The molecule has 2 aromatic carbocycles. The number of phenols is 1. The molecule has 0 saturated carbocycles. The van der Waals surface area contributed by atoms with E-state index in [0.29, 0.717) is 23.7 Å². The van der Waals surface area contributed by atoms with E-state index in [1.54, 1.807) is 18.2 Å². The molecule has 0 bridgehead atoms. The summed E-state index contributed by atoms with van der Waals surface area (Å²) in [5.74, 6) is 1.39. The first kappa shape index (κ1) is 20.1. The predicted molar refractivity (Wildman–Crippen MR) is 110 cm³/mol. The summed E-state index contributed by atoms with van der Waals surface area (Å²) in [7, 11) is 0. The van der Waals surface area contributed by atoms with Gasteiger partial charge in [-0.15, -0.1) is 11.8 Å². The second kappa shape index (κ2) is 10.7.